The highest BCUT2D eigenvalue weighted by Crippen LogP contribution is 2.33. The molecule has 80 valence electrons. The van der Waals surface area contributed by atoms with Crippen molar-refractivity contribution in [1.82, 2.24) is 0 Å². The van der Waals surface area contributed by atoms with Crippen LogP contribution in [-0.4, -0.2) is 11.1 Å². The molecule has 0 unspecified atom stereocenters. The van der Waals surface area contributed by atoms with Gasteiger partial charge in [0.2, 0.25) is 0 Å². The van der Waals surface area contributed by atoms with E-state index in [0.29, 0.717) is 17.6 Å². The van der Waals surface area contributed by atoms with Gasteiger partial charge in [0.15, 0.2) is 0 Å². The molecule has 1 aliphatic rings. The van der Waals surface area contributed by atoms with Gasteiger partial charge in [-0.2, -0.15) is 5.26 Å². The Balaban J connectivity index is 2.40. The lowest BCUT2D eigenvalue weighted by atomic mass is 10.0. The molecule has 3 heteroatoms. The number of hydrogen-bond donors (Lipinski definition) is 1. The lowest BCUT2D eigenvalue weighted by Crippen LogP contribution is -1.99. The van der Waals surface area contributed by atoms with E-state index in [9.17, 15) is 4.79 Å². The van der Waals surface area contributed by atoms with Crippen molar-refractivity contribution in [2.24, 2.45) is 0 Å². The van der Waals surface area contributed by atoms with Crippen molar-refractivity contribution in [3.05, 3.63) is 41.0 Å². The number of carboxylic acids is 1. The van der Waals surface area contributed by atoms with Crippen molar-refractivity contribution in [1.29, 1.82) is 5.26 Å². The number of hydrogen-bond acceptors (Lipinski definition) is 2. The molecule has 0 atom stereocenters. The van der Waals surface area contributed by atoms with E-state index in [2.05, 4.69) is 0 Å². The first kappa shape index (κ1) is 10.4. The van der Waals surface area contributed by atoms with Crippen molar-refractivity contribution in [3.63, 3.8) is 0 Å². The van der Waals surface area contributed by atoms with Gasteiger partial charge in [-0.1, -0.05) is 12.1 Å². The second kappa shape index (κ2) is 4.19. The second-order valence-corrected chi connectivity index (χ2v) is 3.80. The van der Waals surface area contributed by atoms with Crippen LogP contribution in [0.3, 0.4) is 0 Å². The van der Waals surface area contributed by atoms with Crippen LogP contribution in [0.4, 0.5) is 0 Å². The number of allylic oxidation sites excluding steroid dienone is 1. The largest absolute Gasteiger partial charge is 0.478 e. The Morgan fingerprint density at radius 1 is 1.25 bits per heavy atom. The van der Waals surface area contributed by atoms with Crippen LogP contribution in [0.2, 0.25) is 0 Å². The van der Waals surface area contributed by atoms with Crippen LogP contribution in [-0.2, 0) is 4.79 Å². The molecular weight excluding hydrogens is 202 g/mol. The minimum absolute atomic E-state index is 0.518. The number of benzene rings is 1. The molecule has 1 aliphatic carbocycles. The van der Waals surface area contributed by atoms with Crippen LogP contribution in [0.5, 0.6) is 0 Å². The minimum Gasteiger partial charge on any atom is -0.478 e. The van der Waals surface area contributed by atoms with Gasteiger partial charge in [0.05, 0.1) is 11.6 Å². The first-order chi connectivity index (χ1) is 7.72. The normalized spacial score (nSPS) is 14.9. The van der Waals surface area contributed by atoms with Gasteiger partial charge in [-0.15, -0.1) is 0 Å². The summed E-state index contributed by atoms with van der Waals surface area (Å²) in [7, 11) is 0. The van der Waals surface area contributed by atoms with Gasteiger partial charge in [0.25, 0.3) is 0 Å². The molecule has 1 aromatic rings. The van der Waals surface area contributed by atoms with Crippen molar-refractivity contribution in [3.8, 4) is 6.07 Å². The van der Waals surface area contributed by atoms with Gasteiger partial charge in [-0.3, -0.25) is 0 Å². The Morgan fingerprint density at radius 3 is 2.50 bits per heavy atom. The van der Waals surface area contributed by atoms with Crippen LogP contribution in [0.1, 0.15) is 30.4 Å². The highest BCUT2D eigenvalue weighted by molar-refractivity contribution is 5.97. The fourth-order valence-corrected chi connectivity index (χ4v) is 2.04. The Kier molecular flexibility index (Phi) is 2.74. The van der Waals surface area contributed by atoms with E-state index in [-0.39, 0.29) is 0 Å². The van der Waals surface area contributed by atoms with Crippen LogP contribution < -0.4 is 0 Å². The first-order valence-electron chi connectivity index (χ1n) is 5.18. The fraction of sp³-hybridized carbons (Fsp3) is 0.231. The Bertz CT molecular complexity index is 492. The van der Waals surface area contributed by atoms with E-state index >= 15 is 0 Å². The summed E-state index contributed by atoms with van der Waals surface area (Å²) in [5.41, 5.74) is 2.95. The Morgan fingerprint density at radius 2 is 1.94 bits per heavy atom. The number of carbonyl (C=O) groups is 1. The predicted molar refractivity (Wildman–Crippen MR) is 59.6 cm³/mol. The van der Waals surface area contributed by atoms with E-state index in [1.165, 1.54) is 0 Å². The number of nitrogens with zero attached hydrogens (tertiary/aromatic N) is 1. The fourth-order valence-electron chi connectivity index (χ4n) is 2.04. The van der Waals surface area contributed by atoms with E-state index in [1.807, 2.05) is 18.2 Å². The molecule has 2 rings (SSSR count). The van der Waals surface area contributed by atoms with Gasteiger partial charge in [-0.25, -0.2) is 4.79 Å². The van der Waals surface area contributed by atoms with E-state index in [0.717, 1.165) is 24.0 Å². The maximum atomic E-state index is 11.0. The lowest BCUT2D eigenvalue weighted by Gasteiger charge is -2.04. The summed E-state index contributed by atoms with van der Waals surface area (Å²) in [5.74, 6) is -0.822. The van der Waals surface area contributed by atoms with Crippen LogP contribution in [0.15, 0.2) is 29.8 Å². The molecule has 0 spiro atoms. The maximum absolute atomic E-state index is 11.0. The molecule has 16 heavy (non-hydrogen) atoms. The predicted octanol–water partition coefficient (Wildman–Crippen LogP) is 2.58. The highest BCUT2D eigenvalue weighted by atomic mass is 16.4. The zero-order valence-electron chi connectivity index (χ0n) is 8.73. The summed E-state index contributed by atoms with van der Waals surface area (Å²) in [5, 5.41) is 17.7. The molecule has 0 saturated heterocycles. The average molecular weight is 213 g/mol. The molecule has 0 aromatic heterocycles. The summed E-state index contributed by atoms with van der Waals surface area (Å²) >= 11 is 0. The van der Waals surface area contributed by atoms with Gasteiger partial charge in [0.1, 0.15) is 0 Å². The summed E-state index contributed by atoms with van der Waals surface area (Å²) in [4.78, 5) is 11.0. The Hall–Kier alpha value is -2.08. The number of aliphatic carboxylic acids is 1. The van der Waals surface area contributed by atoms with Gasteiger partial charge in [0, 0.05) is 5.57 Å². The monoisotopic (exact) mass is 213 g/mol. The van der Waals surface area contributed by atoms with Crippen molar-refractivity contribution in [2.45, 2.75) is 19.3 Å². The molecule has 0 aliphatic heterocycles. The average Bonchev–Trinajstić information content (AvgIpc) is 2.78. The minimum atomic E-state index is -0.822. The molecule has 0 amide bonds. The molecule has 1 aromatic carbocycles. The van der Waals surface area contributed by atoms with E-state index in [1.54, 1.807) is 12.1 Å². The molecular formula is C13H11NO2. The molecule has 0 saturated carbocycles. The third-order valence-corrected chi connectivity index (χ3v) is 2.84. The van der Waals surface area contributed by atoms with Crippen LogP contribution >= 0.6 is 0 Å². The molecule has 0 bridgehead atoms. The van der Waals surface area contributed by atoms with Gasteiger partial charge >= 0.3 is 5.97 Å². The SMILES string of the molecule is N#Cc1ccc(C2=C(C(=O)O)CCC2)cc1. The van der Waals surface area contributed by atoms with Crippen molar-refractivity contribution in [2.75, 3.05) is 0 Å². The smallest absolute Gasteiger partial charge is 0.331 e. The number of carboxylic acid groups (broad SMARTS) is 1. The lowest BCUT2D eigenvalue weighted by molar-refractivity contribution is -0.132. The summed E-state index contributed by atoms with van der Waals surface area (Å²) < 4.78 is 0. The first-order valence-corrected chi connectivity index (χ1v) is 5.18. The number of nitriles is 1. The standard InChI is InChI=1S/C13H11NO2/c14-8-9-4-6-10(7-5-9)11-2-1-3-12(11)13(15)16/h4-7H,1-3H2,(H,15,16). The van der Waals surface area contributed by atoms with E-state index in [4.69, 9.17) is 10.4 Å². The third kappa shape index (κ3) is 1.82. The quantitative estimate of drug-likeness (QED) is 0.821. The topological polar surface area (TPSA) is 61.1 Å². The van der Waals surface area contributed by atoms with Crippen LogP contribution in [0.25, 0.3) is 5.57 Å². The number of rotatable bonds is 2. The summed E-state index contributed by atoms with van der Waals surface area (Å²) in [6, 6.07) is 9.13. The van der Waals surface area contributed by atoms with Crippen molar-refractivity contribution < 1.29 is 9.90 Å². The molecule has 1 N–H and O–H groups in total. The zero-order chi connectivity index (χ0) is 11.5. The molecule has 0 heterocycles. The third-order valence-electron chi connectivity index (χ3n) is 2.84. The second-order valence-electron chi connectivity index (χ2n) is 3.80. The molecule has 3 nitrogen and oxygen atoms in total. The van der Waals surface area contributed by atoms with E-state index < -0.39 is 5.97 Å². The van der Waals surface area contributed by atoms with Crippen LogP contribution in [0, 0.1) is 11.3 Å². The molecule has 0 fully saturated rings. The van der Waals surface area contributed by atoms with Gasteiger partial charge in [-0.05, 0) is 42.5 Å². The summed E-state index contributed by atoms with van der Waals surface area (Å²) in [6.07, 6.45) is 2.36. The molecule has 0 radical (unpaired) electrons. The highest BCUT2D eigenvalue weighted by Gasteiger charge is 2.20. The summed E-state index contributed by atoms with van der Waals surface area (Å²) in [6.45, 7) is 0. The van der Waals surface area contributed by atoms with Gasteiger partial charge < -0.3 is 5.11 Å². The Labute approximate surface area is 93.6 Å². The zero-order valence-corrected chi connectivity index (χ0v) is 8.73. The maximum Gasteiger partial charge on any atom is 0.331 e. The van der Waals surface area contributed by atoms with Crippen molar-refractivity contribution >= 4 is 11.5 Å².